The van der Waals surface area contributed by atoms with Gasteiger partial charge < -0.3 is 20.4 Å². The van der Waals surface area contributed by atoms with E-state index in [9.17, 15) is 24.0 Å². The molecule has 3 rings (SSSR count). The summed E-state index contributed by atoms with van der Waals surface area (Å²) in [5.74, 6) is -1.32. The van der Waals surface area contributed by atoms with Gasteiger partial charge in [0.25, 0.3) is 5.91 Å². The van der Waals surface area contributed by atoms with Crippen molar-refractivity contribution in [3.05, 3.63) is 35.4 Å². The van der Waals surface area contributed by atoms with Gasteiger partial charge >= 0.3 is 0 Å². The van der Waals surface area contributed by atoms with Gasteiger partial charge in [0.15, 0.2) is 5.78 Å². The van der Waals surface area contributed by atoms with E-state index in [2.05, 4.69) is 31.4 Å². The van der Waals surface area contributed by atoms with E-state index in [0.29, 0.717) is 31.4 Å². The molecule has 41 heavy (non-hydrogen) atoms. The molecule has 0 saturated carbocycles. The van der Waals surface area contributed by atoms with E-state index in [-0.39, 0.29) is 52.7 Å². The predicted molar refractivity (Wildman–Crippen MR) is 158 cm³/mol. The third-order valence-electron chi connectivity index (χ3n) is 7.80. The number of rotatable bonds is 8. The molecular weight excluding hydrogens is 520 g/mol. The number of carbonyl (C=O) groups excluding carboxylic acids is 5. The first-order chi connectivity index (χ1) is 18.9. The summed E-state index contributed by atoms with van der Waals surface area (Å²) in [6.45, 7) is 17.8. The Bertz CT molecular complexity index is 1160. The first-order valence-corrected chi connectivity index (χ1v) is 14.7. The minimum Gasteiger partial charge on any atom is -0.345 e. The van der Waals surface area contributed by atoms with Crippen LogP contribution < -0.4 is 10.6 Å². The van der Waals surface area contributed by atoms with Gasteiger partial charge in [-0.05, 0) is 53.7 Å². The predicted octanol–water partition coefficient (Wildman–Crippen LogP) is 3.45. The minimum atomic E-state index is -0.797. The van der Waals surface area contributed by atoms with Gasteiger partial charge in [-0.2, -0.15) is 0 Å². The number of Topliss-reactive ketones (excluding diaryl/α,β-unsaturated/α-hetero) is 1. The van der Waals surface area contributed by atoms with Crippen LogP contribution in [0.1, 0.15) is 97.5 Å². The molecule has 1 aromatic carbocycles. The summed E-state index contributed by atoms with van der Waals surface area (Å²) >= 11 is 0. The summed E-state index contributed by atoms with van der Waals surface area (Å²) in [4.78, 5) is 68.9. The van der Waals surface area contributed by atoms with Crippen LogP contribution in [0.25, 0.3) is 0 Å². The van der Waals surface area contributed by atoms with E-state index in [0.717, 1.165) is 5.56 Å². The molecule has 0 bridgehead atoms. The molecule has 9 nitrogen and oxygen atoms in total. The zero-order valence-electron chi connectivity index (χ0n) is 26.2. The lowest BCUT2D eigenvalue weighted by Crippen LogP contribution is -2.53. The Morgan fingerprint density at radius 2 is 1.49 bits per heavy atom. The van der Waals surface area contributed by atoms with Crippen molar-refractivity contribution in [2.75, 3.05) is 13.1 Å². The lowest BCUT2D eigenvalue weighted by atomic mass is 9.86. The minimum absolute atomic E-state index is 0.0462. The molecule has 2 aliphatic heterocycles. The van der Waals surface area contributed by atoms with E-state index in [1.165, 1.54) is 6.92 Å². The lowest BCUT2D eigenvalue weighted by molar-refractivity contribution is -0.138. The molecule has 2 saturated heterocycles. The number of fused-ring (bicyclic) bond motifs is 1. The number of carbonyl (C=O) groups is 5. The third-order valence-corrected chi connectivity index (χ3v) is 7.80. The zero-order valence-corrected chi connectivity index (χ0v) is 26.2. The molecule has 2 aliphatic rings. The SMILES string of the molecule is CC(=O)NC(CC(C)(C)C)C(=O)N1CC(=O)C2C1CCN2C(=O)C(CC(C)C)NC(=O)c1ccc(C(C)(C)C)cc1. The Balaban J connectivity index is 1.78. The number of amides is 4. The second-order valence-corrected chi connectivity index (χ2v) is 14.3. The molecule has 2 fully saturated rings. The highest BCUT2D eigenvalue weighted by Gasteiger charge is 2.53. The number of nitrogens with one attached hydrogen (secondary N) is 2. The van der Waals surface area contributed by atoms with Gasteiger partial charge in [0.1, 0.15) is 18.1 Å². The molecule has 2 heterocycles. The molecule has 4 atom stereocenters. The van der Waals surface area contributed by atoms with Crippen molar-refractivity contribution in [2.45, 2.75) is 111 Å². The van der Waals surface area contributed by atoms with Crippen LogP contribution in [-0.4, -0.2) is 76.5 Å². The van der Waals surface area contributed by atoms with E-state index in [1.54, 1.807) is 21.9 Å². The average Bonchev–Trinajstić information content (AvgIpc) is 3.41. The third kappa shape index (κ3) is 7.95. The van der Waals surface area contributed by atoms with Gasteiger partial charge in [-0.1, -0.05) is 67.5 Å². The summed E-state index contributed by atoms with van der Waals surface area (Å²) < 4.78 is 0. The molecule has 0 radical (unpaired) electrons. The van der Waals surface area contributed by atoms with Crippen molar-refractivity contribution < 1.29 is 24.0 Å². The molecule has 2 N–H and O–H groups in total. The van der Waals surface area contributed by atoms with Gasteiger partial charge in [-0.15, -0.1) is 0 Å². The largest absolute Gasteiger partial charge is 0.345 e. The van der Waals surface area contributed by atoms with E-state index in [4.69, 9.17) is 0 Å². The quantitative estimate of drug-likeness (QED) is 0.498. The molecular formula is C32H48N4O5. The maximum Gasteiger partial charge on any atom is 0.251 e. The number of ketones is 1. The number of hydrogen-bond acceptors (Lipinski definition) is 5. The maximum absolute atomic E-state index is 13.9. The Morgan fingerprint density at radius 1 is 0.902 bits per heavy atom. The first kappa shape index (κ1) is 32.3. The molecule has 0 aliphatic carbocycles. The molecule has 0 spiro atoms. The maximum atomic E-state index is 13.9. The van der Waals surface area contributed by atoms with Crippen LogP contribution in [0.5, 0.6) is 0 Å². The normalized spacial score (nSPS) is 20.6. The average molecular weight is 569 g/mol. The molecule has 0 aromatic heterocycles. The van der Waals surface area contributed by atoms with Gasteiger partial charge in [0, 0.05) is 19.0 Å². The molecule has 4 unspecified atom stereocenters. The number of benzene rings is 1. The Kier molecular flexibility index (Phi) is 9.71. The van der Waals surface area contributed by atoms with Crippen LogP contribution in [0.2, 0.25) is 0 Å². The Hall–Kier alpha value is -3.23. The summed E-state index contributed by atoms with van der Waals surface area (Å²) in [5.41, 5.74) is 1.30. The highest BCUT2D eigenvalue weighted by atomic mass is 16.2. The second kappa shape index (κ2) is 12.3. The summed E-state index contributed by atoms with van der Waals surface area (Å²) in [6, 6.07) is 4.64. The van der Waals surface area contributed by atoms with Crippen LogP contribution in [0.4, 0.5) is 0 Å². The Morgan fingerprint density at radius 3 is 2.00 bits per heavy atom. The fourth-order valence-corrected chi connectivity index (χ4v) is 5.87. The standard InChI is InChI=1S/C32H48N4O5/c1-19(2)16-23(34-28(39)21-10-12-22(13-11-21)32(7,8)9)29(40)35-15-14-25-27(35)26(38)18-36(25)30(41)24(33-20(3)37)17-31(4,5)6/h10-13,19,23-25,27H,14-18H2,1-9H3,(H,33,37)(H,34,39). The molecule has 4 amide bonds. The number of hydrogen-bond donors (Lipinski definition) is 2. The van der Waals surface area contributed by atoms with Gasteiger partial charge in [0.05, 0.1) is 12.6 Å². The van der Waals surface area contributed by atoms with Crippen molar-refractivity contribution in [3.8, 4) is 0 Å². The molecule has 226 valence electrons. The highest BCUT2D eigenvalue weighted by molar-refractivity contribution is 6.01. The summed E-state index contributed by atoms with van der Waals surface area (Å²) in [5, 5.41) is 5.69. The van der Waals surface area contributed by atoms with Crippen LogP contribution in [0.15, 0.2) is 24.3 Å². The van der Waals surface area contributed by atoms with Gasteiger partial charge in [-0.3, -0.25) is 24.0 Å². The fraction of sp³-hybridized carbons (Fsp3) is 0.656. The van der Waals surface area contributed by atoms with Crippen molar-refractivity contribution >= 4 is 29.4 Å². The lowest BCUT2D eigenvalue weighted by Gasteiger charge is -2.31. The van der Waals surface area contributed by atoms with Crippen molar-refractivity contribution in [3.63, 3.8) is 0 Å². The van der Waals surface area contributed by atoms with E-state index in [1.807, 2.05) is 46.8 Å². The Labute approximate surface area is 244 Å². The van der Waals surface area contributed by atoms with Gasteiger partial charge in [0.2, 0.25) is 17.7 Å². The summed E-state index contributed by atoms with van der Waals surface area (Å²) in [6.07, 6.45) is 1.31. The fourth-order valence-electron chi connectivity index (χ4n) is 5.87. The molecule has 9 heteroatoms. The zero-order chi connectivity index (χ0) is 30.9. The van der Waals surface area contributed by atoms with Gasteiger partial charge in [-0.25, -0.2) is 0 Å². The number of nitrogens with zero attached hydrogens (tertiary/aromatic N) is 2. The van der Waals surface area contributed by atoms with Crippen molar-refractivity contribution in [2.24, 2.45) is 11.3 Å². The van der Waals surface area contributed by atoms with Crippen molar-refractivity contribution in [1.82, 2.24) is 20.4 Å². The monoisotopic (exact) mass is 568 g/mol. The van der Waals surface area contributed by atoms with Crippen LogP contribution in [0, 0.1) is 11.3 Å². The van der Waals surface area contributed by atoms with Crippen LogP contribution in [0.3, 0.4) is 0 Å². The number of likely N-dealkylation sites (tertiary alicyclic amines) is 2. The van der Waals surface area contributed by atoms with Crippen molar-refractivity contribution in [1.29, 1.82) is 0 Å². The van der Waals surface area contributed by atoms with E-state index >= 15 is 0 Å². The van der Waals surface area contributed by atoms with Crippen LogP contribution in [-0.2, 0) is 24.6 Å². The highest BCUT2D eigenvalue weighted by Crippen LogP contribution is 2.32. The second-order valence-electron chi connectivity index (χ2n) is 14.3. The smallest absolute Gasteiger partial charge is 0.251 e. The molecule has 1 aromatic rings. The summed E-state index contributed by atoms with van der Waals surface area (Å²) in [7, 11) is 0. The topological polar surface area (TPSA) is 116 Å². The first-order valence-electron chi connectivity index (χ1n) is 14.7. The van der Waals surface area contributed by atoms with E-state index < -0.39 is 24.2 Å². The van der Waals surface area contributed by atoms with Crippen LogP contribution >= 0.6 is 0 Å².